The summed E-state index contributed by atoms with van der Waals surface area (Å²) in [6.07, 6.45) is -1.32. The molecular weight excluding hydrogens is 395 g/mol. The molecule has 28 heavy (non-hydrogen) atoms. The number of carbonyl (C=O) groups is 2. The Labute approximate surface area is 161 Å². The fourth-order valence-electron chi connectivity index (χ4n) is 2.46. The lowest BCUT2D eigenvalue weighted by molar-refractivity contribution is -0.137. The van der Waals surface area contributed by atoms with Gasteiger partial charge in [-0.3, -0.25) is 9.48 Å². The van der Waals surface area contributed by atoms with Gasteiger partial charge in [0.1, 0.15) is 11.3 Å². The number of aromatic nitrogens is 3. The minimum atomic E-state index is -4.56. The fraction of sp³-hybridized carbons (Fsp3) is 0.222. The van der Waals surface area contributed by atoms with E-state index in [1.807, 2.05) is 0 Å². The van der Waals surface area contributed by atoms with Crippen LogP contribution in [-0.2, 0) is 17.5 Å². The lowest BCUT2D eigenvalue weighted by Crippen LogP contribution is -2.06. The monoisotopic (exact) mass is 409 g/mol. The molecule has 0 N–H and O–H groups in total. The second-order valence-corrected chi connectivity index (χ2v) is 6.68. The van der Waals surface area contributed by atoms with Gasteiger partial charge in [-0.1, -0.05) is 0 Å². The topological polar surface area (TPSA) is 74.1 Å². The summed E-state index contributed by atoms with van der Waals surface area (Å²) in [5.41, 5.74) is -0.162. The number of thiazole rings is 1. The van der Waals surface area contributed by atoms with Gasteiger partial charge in [0.15, 0.2) is 0 Å². The van der Waals surface area contributed by atoms with E-state index in [2.05, 4.69) is 10.1 Å². The van der Waals surface area contributed by atoms with Gasteiger partial charge >= 0.3 is 12.1 Å². The smallest absolute Gasteiger partial charge is 0.416 e. The van der Waals surface area contributed by atoms with Crippen LogP contribution in [0.15, 0.2) is 36.0 Å². The fourth-order valence-corrected chi connectivity index (χ4v) is 3.25. The van der Waals surface area contributed by atoms with Crippen molar-refractivity contribution in [2.24, 2.45) is 0 Å². The number of aldehydes is 1. The van der Waals surface area contributed by atoms with E-state index >= 15 is 0 Å². The molecule has 2 aromatic heterocycles. The Kier molecular flexibility index (Phi) is 5.59. The SMILES string of the molecule is CCOC(=O)c1cnn(Cc2nc(-c3cc(C=O)cc(C(F)(F)F)c3)cs2)c1. The maximum absolute atomic E-state index is 13.0. The van der Waals surface area contributed by atoms with Gasteiger partial charge in [-0.2, -0.15) is 18.3 Å². The van der Waals surface area contributed by atoms with Crippen LogP contribution in [0.3, 0.4) is 0 Å². The minimum absolute atomic E-state index is 0.0782. The molecule has 1 aromatic carbocycles. The lowest BCUT2D eigenvalue weighted by Gasteiger charge is -2.09. The zero-order chi connectivity index (χ0) is 20.3. The summed E-state index contributed by atoms with van der Waals surface area (Å²) in [4.78, 5) is 27.0. The zero-order valence-corrected chi connectivity index (χ0v) is 15.4. The quantitative estimate of drug-likeness (QED) is 0.453. The number of nitrogens with zero attached hydrogens (tertiary/aromatic N) is 3. The second-order valence-electron chi connectivity index (χ2n) is 5.73. The van der Waals surface area contributed by atoms with Gasteiger partial charge in [0.05, 0.1) is 36.2 Å². The van der Waals surface area contributed by atoms with E-state index in [9.17, 15) is 22.8 Å². The Hall–Kier alpha value is -3.01. The predicted octanol–water partition coefficient (Wildman–Crippen LogP) is 4.06. The number of carbonyl (C=O) groups excluding carboxylic acids is 2. The van der Waals surface area contributed by atoms with Crippen LogP contribution in [-0.4, -0.2) is 33.6 Å². The molecule has 3 rings (SSSR count). The molecule has 0 radical (unpaired) electrons. The van der Waals surface area contributed by atoms with Crippen molar-refractivity contribution >= 4 is 23.6 Å². The number of hydrogen-bond acceptors (Lipinski definition) is 6. The van der Waals surface area contributed by atoms with Crippen molar-refractivity contribution in [2.45, 2.75) is 19.6 Å². The molecule has 146 valence electrons. The van der Waals surface area contributed by atoms with Crippen LogP contribution in [0.1, 0.15) is 38.2 Å². The van der Waals surface area contributed by atoms with Gasteiger partial charge in [-0.15, -0.1) is 11.3 Å². The van der Waals surface area contributed by atoms with Crippen LogP contribution in [0.4, 0.5) is 13.2 Å². The summed E-state index contributed by atoms with van der Waals surface area (Å²) in [6, 6.07) is 3.11. The highest BCUT2D eigenvalue weighted by atomic mass is 32.1. The van der Waals surface area contributed by atoms with Crippen LogP contribution in [0.2, 0.25) is 0 Å². The van der Waals surface area contributed by atoms with E-state index in [1.165, 1.54) is 34.5 Å². The van der Waals surface area contributed by atoms with Crippen molar-refractivity contribution < 1.29 is 27.5 Å². The van der Waals surface area contributed by atoms with Crippen LogP contribution < -0.4 is 0 Å². The Morgan fingerprint density at radius 1 is 1.32 bits per heavy atom. The summed E-state index contributed by atoms with van der Waals surface area (Å²) >= 11 is 1.24. The van der Waals surface area contributed by atoms with Crippen LogP contribution >= 0.6 is 11.3 Å². The van der Waals surface area contributed by atoms with Gasteiger partial charge in [0.2, 0.25) is 0 Å². The Balaban J connectivity index is 1.83. The van der Waals surface area contributed by atoms with Gasteiger partial charge in [-0.25, -0.2) is 9.78 Å². The number of esters is 1. The summed E-state index contributed by atoms with van der Waals surface area (Å²) in [6.45, 7) is 2.19. The molecule has 3 aromatic rings. The van der Waals surface area contributed by atoms with Crippen LogP contribution in [0.5, 0.6) is 0 Å². The first-order valence-electron chi connectivity index (χ1n) is 8.12. The molecular formula is C18H14F3N3O3S. The normalized spacial score (nSPS) is 11.4. The first-order valence-corrected chi connectivity index (χ1v) is 9.00. The van der Waals surface area contributed by atoms with E-state index in [0.29, 0.717) is 22.6 Å². The average Bonchev–Trinajstić information content (AvgIpc) is 3.31. The predicted molar refractivity (Wildman–Crippen MR) is 95.2 cm³/mol. The Bertz CT molecular complexity index is 1010. The molecule has 0 atom stereocenters. The number of benzene rings is 1. The molecule has 0 saturated heterocycles. The van der Waals surface area contributed by atoms with Gasteiger partial charge < -0.3 is 4.74 Å². The van der Waals surface area contributed by atoms with Crippen LogP contribution in [0.25, 0.3) is 11.3 Å². The molecule has 0 spiro atoms. The van der Waals surface area contributed by atoms with Crippen molar-refractivity contribution in [3.05, 3.63) is 57.7 Å². The molecule has 10 heteroatoms. The minimum Gasteiger partial charge on any atom is -0.462 e. The standard InChI is InChI=1S/C18H14F3N3O3S/c1-2-27-17(26)13-6-22-24(7-13)8-16-23-15(10-28-16)12-3-11(9-25)4-14(5-12)18(19,20)21/h3-7,9-10H,2,8H2,1H3. The highest BCUT2D eigenvalue weighted by Gasteiger charge is 2.31. The number of hydrogen-bond donors (Lipinski definition) is 0. The third-order valence-electron chi connectivity index (χ3n) is 3.71. The number of ether oxygens (including phenoxy) is 1. The van der Waals surface area contributed by atoms with E-state index in [0.717, 1.165) is 12.1 Å². The van der Waals surface area contributed by atoms with E-state index in [-0.39, 0.29) is 24.3 Å². The van der Waals surface area contributed by atoms with Gasteiger partial charge in [0, 0.05) is 22.7 Å². The third-order valence-corrected chi connectivity index (χ3v) is 4.54. The number of alkyl halides is 3. The van der Waals surface area contributed by atoms with Crippen molar-refractivity contribution in [2.75, 3.05) is 6.61 Å². The molecule has 0 unspecified atom stereocenters. The summed E-state index contributed by atoms with van der Waals surface area (Å²) in [5.74, 6) is -0.487. The number of halogens is 3. The van der Waals surface area contributed by atoms with Gasteiger partial charge in [0.25, 0.3) is 0 Å². The van der Waals surface area contributed by atoms with Crippen molar-refractivity contribution in [1.29, 1.82) is 0 Å². The largest absolute Gasteiger partial charge is 0.462 e. The molecule has 0 saturated carbocycles. The van der Waals surface area contributed by atoms with E-state index in [4.69, 9.17) is 4.74 Å². The third kappa shape index (κ3) is 4.45. The first-order chi connectivity index (χ1) is 13.3. The first kappa shape index (κ1) is 19.7. The lowest BCUT2D eigenvalue weighted by atomic mass is 10.0. The number of rotatable bonds is 6. The van der Waals surface area contributed by atoms with Gasteiger partial charge in [-0.05, 0) is 25.1 Å². The van der Waals surface area contributed by atoms with E-state index in [1.54, 1.807) is 12.3 Å². The highest BCUT2D eigenvalue weighted by molar-refractivity contribution is 7.09. The molecule has 0 bridgehead atoms. The molecule has 2 heterocycles. The van der Waals surface area contributed by atoms with Crippen molar-refractivity contribution in [1.82, 2.24) is 14.8 Å². The molecule has 0 aliphatic rings. The van der Waals surface area contributed by atoms with Crippen molar-refractivity contribution in [3.63, 3.8) is 0 Å². The molecule has 0 aliphatic heterocycles. The highest BCUT2D eigenvalue weighted by Crippen LogP contribution is 2.33. The molecule has 0 amide bonds. The van der Waals surface area contributed by atoms with Crippen molar-refractivity contribution in [3.8, 4) is 11.3 Å². The summed E-state index contributed by atoms with van der Waals surface area (Å²) < 4.78 is 45.5. The maximum atomic E-state index is 13.0. The second kappa shape index (κ2) is 7.93. The molecule has 0 fully saturated rings. The zero-order valence-electron chi connectivity index (χ0n) is 14.6. The molecule has 0 aliphatic carbocycles. The van der Waals surface area contributed by atoms with Crippen LogP contribution in [0, 0.1) is 0 Å². The van der Waals surface area contributed by atoms with E-state index < -0.39 is 17.7 Å². The average molecular weight is 409 g/mol. The Morgan fingerprint density at radius 3 is 2.79 bits per heavy atom. The summed E-state index contributed by atoms with van der Waals surface area (Å²) in [7, 11) is 0. The Morgan fingerprint density at radius 2 is 2.11 bits per heavy atom. The molecule has 6 nitrogen and oxygen atoms in total. The summed E-state index contributed by atoms with van der Waals surface area (Å²) in [5, 5.41) is 6.25. The maximum Gasteiger partial charge on any atom is 0.416 e.